The van der Waals surface area contributed by atoms with Gasteiger partial charge in [-0.15, -0.1) is 0 Å². The standard InChI is InChI=1S/C13H14ClN3O2/c14-9-3-4-12-15-10(8-17(12)6-9)7-16-5-1-2-11(16)13(18)19/h3-4,6,8,11H,1-2,5,7H2,(H,18,19)/t11-/m0/s1. The maximum absolute atomic E-state index is 11.1. The largest absolute Gasteiger partial charge is 0.480 e. The molecule has 0 spiro atoms. The van der Waals surface area contributed by atoms with Crippen LogP contribution in [0.4, 0.5) is 0 Å². The van der Waals surface area contributed by atoms with Gasteiger partial charge in [0.25, 0.3) is 0 Å². The van der Waals surface area contributed by atoms with Gasteiger partial charge in [-0.2, -0.15) is 0 Å². The van der Waals surface area contributed by atoms with Crippen molar-refractivity contribution in [3.63, 3.8) is 0 Å². The van der Waals surface area contributed by atoms with Gasteiger partial charge in [0.15, 0.2) is 0 Å². The Morgan fingerprint density at radius 2 is 2.32 bits per heavy atom. The number of pyridine rings is 1. The average molecular weight is 280 g/mol. The predicted molar refractivity (Wildman–Crippen MR) is 71.3 cm³/mol. The maximum atomic E-state index is 11.1. The van der Waals surface area contributed by atoms with Crippen LogP contribution >= 0.6 is 11.6 Å². The van der Waals surface area contributed by atoms with Gasteiger partial charge in [0, 0.05) is 18.9 Å². The number of carboxylic acids is 1. The Morgan fingerprint density at radius 1 is 1.47 bits per heavy atom. The van der Waals surface area contributed by atoms with Crippen molar-refractivity contribution in [2.75, 3.05) is 6.54 Å². The van der Waals surface area contributed by atoms with E-state index < -0.39 is 5.97 Å². The molecule has 1 aliphatic heterocycles. The van der Waals surface area contributed by atoms with Crippen LogP contribution < -0.4 is 0 Å². The SMILES string of the molecule is O=C(O)[C@@H]1CCCN1Cc1cn2cc(Cl)ccc2n1. The molecule has 3 heterocycles. The number of halogens is 1. The molecule has 0 aromatic carbocycles. The molecule has 0 unspecified atom stereocenters. The van der Waals surface area contributed by atoms with Gasteiger partial charge in [-0.3, -0.25) is 9.69 Å². The van der Waals surface area contributed by atoms with Crippen molar-refractivity contribution in [3.05, 3.63) is 35.2 Å². The van der Waals surface area contributed by atoms with E-state index >= 15 is 0 Å². The summed E-state index contributed by atoms with van der Waals surface area (Å²) >= 11 is 5.93. The van der Waals surface area contributed by atoms with Crippen LogP contribution in [-0.4, -0.2) is 37.9 Å². The molecule has 2 aromatic heterocycles. The van der Waals surface area contributed by atoms with Crippen molar-refractivity contribution in [2.45, 2.75) is 25.4 Å². The van der Waals surface area contributed by atoms with Gasteiger partial charge in [-0.1, -0.05) is 11.6 Å². The predicted octanol–water partition coefficient (Wildman–Crippen LogP) is 2.04. The van der Waals surface area contributed by atoms with Crippen LogP contribution in [0, 0.1) is 0 Å². The molecular formula is C13H14ClN3O2. The number of fused-ring (bicyclic) bond motifs is 1. The molecule has 1 saturated heterocycles. The van der Waals surface area contributed by atoms with Crippen LogP contribution in [0.1, 0.15) is 18.5 Å². The van der Waals surface area contributed by atoms with Crippen molar-refractivity contribution in [1.29, 1.82) is 0 Å². The Kier molecular flexibility index (Phi) is 3.16. The molecule has 1 aliphatic rings. The second kappa shape index (κ2) is 4.83. The first-order valence-corrected chi connectivity index (χ1v) is 6.61. The van der Waals surface area contributed by atoms with Crippen molar-refractivity contribution < 1.29 is 9.90 Å². The third-order valence-electron chi connectivity index (χ3n) is 3.48. The Balaban J connectivity index is 1.83. The summed E-state index contributed by atoms with van der Waals surface area (Å²) in [7, 11) is 0. The molecule has 1 atom stereocenters. The number of likely N-dealkylation sites (tertiary alicyclic amines) is 1. The van der Waals surface area contributed by atoms with Crippen molar-refractivity contribution in [2.24, 2.45) is 0 Å². The smallest absolute Gasteiger partial charge is 0.320 e. The van der Waals surface area contributed by atoms with Crippen LogP contribution in [0.5, 0.6) is 0 Å². The van der Waals surface area contributed by atoms with Crippen LogP contribution in [0.15, 0.2) is 24.5 Å². The second-order valence-corrected chi connectivity index (χ2v) is 5.25. The molecule has 5 nitrogen and oxygen atoms in total. The van der Waals surface area contributed by atoms with E-state index in [0.717, 1.165) is 24.3 Å². The fourth-order valence-corrected chi connectivity index (χ4v) is 2.76. The molecule has 1 N–H and O–H groups in total. The molecular weight excluding hydrogens is 266 g/mol. The quantitative estimate of drug-likeness (QED) is 0.934. The van der Waals surface area contributed by atoms with Gasteiger partial charge in [-0.25, -0.2) is 4.98 Å². The van der Waals surface area contributed by atoms with Gasteiger partial charge in [0.1, 0.15) is 11.7 Å². The monoisotopic (exact) mass is 279 g/mol. The Hall–Kier alpha value is -1.59. The zero-order valence-corrected chi connectivity index (χ0v) is 11.0. The van der Waals surface area contributed by atoms with Gasteiger partial charge in [-0.05, 0) is 31.5 Å². The highest BCUT2D eigenvalue weighted by Gasteiger charge is 2.30. The molecule has 0 saturated carbocycles. The Labute approximate surface area is 115 Å². The number of hydrogen-bond donors (Lipinski definition) is 1. The number of aromatic nitrogens is 2. The Morgan fingerprint density at radius 3 is 3.11 bits per heavy atom. The lowest BCUT2D eigenvalue weighted by atomic mass is 10.2. The van der Waals surface area contributed by atoms with Gasteiger partial charge in [0.2, 0.25) is 0 Å². The van der Waals surface area contributed by atoms with Crippen LogP contribution in [0.3, 0.4) is 0 Å². The number of nitrogens with zero attached hydrogens (tertiary/aromatic N) is 3. The highest BCUT2D eigenvalue weighted by Crippen LogP contribution is 2.20. The lowest BCUT2D eigenvalue weighted by Crippen LogP contribution is -2.35. The molecule has 19 heavy (non-hydrogen) atoms. The zero-order chi connectivity index (χ0) is 13.4. The van der Waals surface area contributed by atoms with Crippen LogP contribution in [-0.2, 0) is 11.3 Å². The minimum Gasteiger partial charge on any atom is -0.480 e. The summed E-state index contributed by atoms with van der Waals surface area (Å²) in [6.45, 7) is 1.38. The normalized spacial score (nSPS) is 20.2. The van der Waals surface area contributed by atoms with Crippen LogP contribution in [0.25, 0.3) is 5.65 Å². The molecule has 0 aliphatic carbocycles. The van der Waals surface area contributed by atoms with E-state index in [4.69, 9.17) is 16.7 Å². The molecule has 3 rings (SSSR count). The Bertz CT molecular complexity index is 625. The number of carboxylic acid groups (broad SMARTS) is 1. The van der Waals surface area contributed by atoms with Crippen molar-refractivity contribution in [1.82, 2.24) is 14.3 Å². The van der Waals surface area contributed by atoms with E-state index in [0.29, 0.717) is 18.0 Å². The van der Waals surface area contributed by atoms with Gasteiger partial charge in [0.05, 0.1) is 10.7 Å². The number of carbonyl (C=O) groups is 1. The van der Waals surface area contributed by atoms with Gasteiger partial charge < -0.3 is 9.51 Å². The first kappa shape index (κ1) is 12.4. The summed E-state index contributed by atoms with van der Waals surface area (Å²) in [6, 6.07) is 3.27. The summed E-state index contributed by atoms with van der Waals surface area (Å²) in [5, 5.41) is 9.81. The summed E-state index contributed by atoms with van der Waals surface area (Å²) in [5.41, 5.74) is 1.70. The summed E-state index contributed by atoms with van der Waals surface area (Å²) in [6.07, 6.45) is 5.34. The highest BCUT2D eigenvalue weighted by atomic mass is 35.5. The summed E-state index contributed by atoms with van der Waals surface area (Å²) in [4.78, 5) is 17.6. The summed E-state index contributed by atoms with van der Waals surface area (Å²) in [5.74, 6) is -0.746. The molecule has 2 aromatic rings. The molecule has 0 amide bonds. The van der Waals surface area contributed by atoms with E-state index in [1.807, 2.05) is 21.6 Å². The van der Waals surface area contributed by atoms with E-state index in [2.05, 4.69) is 4.98 Å². The molecule has 0 bridgehead atoms. The number of imidazole rings is 1. The maximum Gasteiger partial charge on any atom is 0.320 e. The summed E-state index contributed by atoms with van der Waals surface area (Å²) < 4.78 is 1.86. The first-order chi connectivity index (χ1) is 9.13. The van der Waals surface area contributed by atoms with Crippen molar-refractivity contribution in [3.8, 4) is 0 Å². The second-order valence-electron chi connectivity index (χ2n) is 4.81. The number of aliphatic carboxylic acids is 1. The molecule has 100 valence electrons. The minimum absolute atomic E-state index is 0.381. The third kappa shape index (κ3) is 2.43. The lowest BCUT2D eigenvalue weighted by Gasteiger charge is -2.19. The molecule has 0 radical (unpaired) electrons. The van der Waals surface area contributed by atoms with E-state index in [-0.39, 0.29) is 6.04 Å². The van der Waals surface area contributed by atoms with E-state index in [1.165, 1.54) is 0 Å². The third-order valence-corrected chi connectivity index (χ3v) is 3.70. The van der Waals surface area contributed by atoms with Crippen LogP contribution in [0.2, 0.25) is 5.02 Å². The topological polar surface area (TPSA) is 57.8 Å². The van der Waals surface area contributed by atoms with Crippen molar-refractivity contribution >= 4 is 23.2 Å². The van der Waals surface area contributed by atoms with E-state index in [9.17, 15) is 4.79 Å². The lowest BCUT2D eigenvalue weighted by molar-refractivity contribution is -0.142. The van der Waals surface area contributed by atoms with E-state index in [1.54, 1.807) is 12.3 Å². The average Bonchev–Trinajstić information content (AvgIpc) is 2.95. The number of hydrogen-bond acceptors (Lipinski definition) is 3. The number of rotatable bonds is 3. The highest BCUT2D eigenvalue weighted by molar-refractivity contribution is 6.30. The first-order valence-electron chi connectivity index (χ1n) is 6.23. The minimum atomic E-state index is -0.746. The fraction of sp³-hybridized carbons (Fsp3) is 0.385. The van der Waals surface area contributed by atoms with Gasteiger partial charge >= 0.3 is 5.97 Å². The fourth-order valence-electron chi connectivity index (χ4n) is 2.60. The molecule has 6 heteroatoms. The zero-order valence-electron chi connectivity index (χ0n) is 10.3. The molecule has 1 fully saturated rings.